The van der Waals surface area contributed by atoms with Gasteiger partial charge in [0.25, 0.3) is 0 Å². The highest BCUT2D eigenvalue weighted by Crippen LogP contribution is 2.20. The van der Waals surface area contributed by atoms with Crippen LogP contribution in [-0.2, 0) is 11.4 Å². The number of hydrogen-bond donors (Lipinski definition) is 1. The number of oxime groups is 1. The first-order valence-electron chi connectivity index (χ1n) is 8.94. The van der Waals surface area contributed by atoms with Crippen molar-refractivity contribution < 1.29 is 14.1 Å². The van der Waals surface area contributed by atoms with Gasteiger partial charge in [0, 0.05) is 29.5 Å². The molecule has 0 unspecified atom stereocenters. The fraction of sp³-hybridized carbons (Fsp3) is 0.0455. The van der Waals surface area contributed by atoms with E-state index in [1.54, 1.807) is 24.4 Å². The summed E-state index contributed by atoms with van der Waals surface area (Å²) in [6.07, 6.45) is 1.57. The van der Waals surface area contributed by atoms with Gasteiger partial charge in [-0.15, -0.1) is 0 Å². The van der Waals surface area contributed by atoms with Crippen molar-refractivity contribution in [2.45, 2.75) is 6.61 Å². The van der Waals surface area contributed by atoms with Crippen LogP contribution in [0.2, 0.25) is 0 Å². The number of rotatable bonds is 7. The maximum atomic E-state index is 5.96. The van der Waals surface area contributed by atoms with Crippen molar-refractivity contribution in [2.75, 3.05) is 0 Å². The van der Waals surface area contributed by atoms with E-state index in [-0.39, 0.29) is 12.4 Å². The fourth-order valence-electron chi connectivity index (χ4n) is 2.55. The van der Waals surface area contributed by atoms with Crippen LogP contribution in [0.5, 0.6) is 11.6 Å². The molecule has 2 aromatic carbocycles. The van der Waals surface area contributed by atoms with Gasteiger partial charge in [-0.1, -0.05) is 58.8 Å². The first-order chi connectivity index (χ1) is 14.3. The fourth-order valence-corrected chi connectivity index (χ4v) is 2.55. The summed E-state index contributed by atoms with van der Waals surface area (Å²) in [5.74, 6) is 1.92. The smallest absolute Gasteiger partial charge is 0.219 e. The lowest BCUT2D eigenvalue weighted by atomic mass is 10.1. The quantitative estimate of drug-likeness (QED) is 0.288. The van der Waals surface area contributed by atoms with E-state index in [9.17, 15) is 0 Å². The van der Waals surface area contributed by atoms with Crippen molar-refractivity contribution in [1.29, 1.82) is 0 Å². The second-order valence-corrected chi connectivity index (χ2v) is 6.09. The van der Waals surface area contributed by atoms with Gasteiger partial charge >= 0.3 is 0 Å². The van der Waals surface area contributed by atoms with Crippen molar-refractivity contribution in [3.05, 3.63) is 96.4 Å². The third-order valence-corrected chi connectivity index (χ3v) is 4.00. The summed E-state index contributed by atoms with van der Waals surface area (Å²) in [4.78, 5) is 9.51. The van der Waals surface area contributed by atoms with Crippen LogP contribution < -0.4 is 10.5 Å². The molecule has 0 saturated carbocycles. The van der Waals surface area contributed by atoms with Gasteiger partial charge in [-0.3, -0.25) is 0 Å². The summed E-state index contributed by atoms with van der Waals surface area (Å²) in [6.45, 7) is 0.114. The standard InChI is InChI=1S/C22H18N4O3/c23-22(17-11-12-21(24-14-17)28-18-9-5-2-6-10-18)26-27-15-19-13-20(25-29-19)16-7-3-1-4-8-16/h1-14H,15H2,(H2,23,26). The maximum Gasteiger partial charge on any atom is 0.219 e. The summed E-state index contributed by atoms with van der Waals surface area (Å²) in [5.41, 5.74) is 8.28. The highest BCUT2D eigenvalue weighted by atomic mass is 16.6. The van der Waals surface area contributed by atoms with E-state index < -0.39 is 0 Å². The molecule has 4 aromatic rings. The van der Waals surface area contributed by atoms with Crippen LogP contribution in [0.1, 0.15) is 11.3 Å². The van der Waals surface area contributed by atoms with Gasteiger partial charge in [-0.2, -0.15) is 0 Å². The lowest BCUT2D eigenvalue weighted by molar-refractivity contribution is 0.109. The van der Waals surface area contributed by atoms with Gasteiger partial charge in [0.1, 0.15) is 11.4 Å². The number of aromatic nitrogens is 2. The number of nitrogens with zero attached hydrogens (tertiary/aromatic N) is 3. The molecule has 2 heterocycles. The molecule has 0 aliphatic carbocycles. The summed E-state index contributed by atoms with van der Waals surface area (Å²) >= 11 is 0. The average Bonchev–Trinajstić information content (AvgIpc) is 3.24. The highest BCUT2D eigenvalue weighted by molar-refractivity contribution is 5.96. The minimum absolute atomic E-state index is 0.114. The Bertz CT molecular complexity index is 1080. The molecular weight excluding hydrogens is 368 g/mol. The van der Waals surface area contributed by atoms with Crippen LogP contribution in [0, 0.1) is 0 Å². The molecule has 0 fully saturated rings. The van der Waals surface area contributed by atoms with Crippen molar-refractivity contribution in [3.63, 3.8) is 0 Å². The molecule has 7 nitrogen and oxygen atoms in total. The largest absolute Gasteiger partial charge is 0.439 e. The molecule has 0 aliphatic rings. The first-order valence-corrected chi connectivity index (χ1v) is 8.94. The highest BCUT2D eigenvalue weighted by Gasteiger charge is 2.07. The van der Waals surface area contributed by atoms with Crippen molar-refractivity contribution in [1.82, 2.24) is 10.1 Å². The average molecular weight is 386 g/mol. The van der Waals surface area contributed by atoms with E-state index in [1.807, 2.05) is 60.7 Å². The number of ether oxygens (including phenoxy) is 1. The first kappa shape index (κ1) is 18.2. The topological polar surface area (TPSA) is 95.8 Å². The van der Waals surface area contributed by atoms with E-state index >= 15 is 0 Å². The molecule has 7 heteroatoms. The Morgan fingerprint density at radius 3 is 2.45 bits per heavy atom. The molecule has 144 valence electrons. The SMILES string of the molecule is N/C(=N/OCc1cc(-c2ccccc2)no1)c1ccc(Oc2ccccc2)nc1. The Balaban J connectivity index is 1.34. The van der Waals surface area contributed by atoms with E-state index in [4.69, 9.17) is 19.8 Å². The molecule has 29 heavy (non-hydrogen) atoms. The summed E-state index contributed by atoms with van der Waals surface area (Å²) in [6, 6.07) is 24.4. The molecule has 2 aromatic heterocycles. The number of nitrogens with two attached hydrogens (primary N) is 1. The van der Waals surface area contributed by atoms with Crippen LogP contribution in [0.25, 0.3) is 11.3 Å². The Hall–Kier alpha value is -4.13. The summed E-state index contributed by atoms with van der Waals surface area (Å²) < 4.78 is 10.9. The number of pyridine rings is 1. The zero-order valence-corrected chi connectivity index (χ0v) is 15.4. The van der Waals surface area contributed by atoms with Crippen molar-refractivity contribution in [3.8, 4) is 22.9 Å². The van der Waals surface area contributed by atoms with Gasteiger partial charge in [0.05, 0.1) is 0 Å². The molecule has 4 rings (SSSR count). The Kier molecular flexibility index (Phi) is 5.48. The third-order valence-electron chi connectivity index (χ3n) is 4.00. The van der Waals surface area contributed by atoms with Crippen molar-refractivity contribution in [2.24, 2.45) is 10.9 Å². The zero-order chi connectivity index (χ0) is 19.9. The van der Waals surface area contributed by atoms with E-state index in [1.165, 1.54) is 0 Å². The minimum atomic E-state index is 0.114. The van der Waals surface area contributed by atoms with Crippen LogP contribution in [0.15, 0.2) is 94.7 Å². The predicted molar refractivity (Wildman–Crippen MR) is 108 cm³/mol. The van der Waals surface area contributed by atoms with Crippen LogP contribution in [-0.4, -0.2) is 16.0 Å². The second kappa shape index (κ2) is 8.71. The predicted octanol–water partition coefficient (Wildman–Crippen LogP) is 4.37. The van der Waals surface area contributed by atoms with E-state index in [2.05, 4.69) is 15.3 Å². The van der Waals surface area contributed by atoms with E-state index in [0.717, 1.165) is 11.3 Å². The monoisotopic (exact) mass is 386 g/mol. The molecule has 0 radical (unpaired) electrons. The number of para-hydroxylation sites is 1. The van der Waals surface area contributed by atoms with Gasteiger partial charge in [0.15, 0.2) is 18.2 Å². The maximum absolute atomic E-state index is 5.96. The van der Waals surface area contributed by atoms with E-state index in [0.29, 0.717) is 23.0 Å². The van der Waals surface area contributed by atoms with Crippen LogP contribution in [0.3, 0.4) is 0 Å². The molecule has 0 saturated heterocycles. The number of benzene rings is 2. The van der Waals surface area contributed by atoms with Gasteiger partial charge in [-0.25, -0.2) is 4.98 Å². The lowest BCUT2D eigenvalue weighted by Crippen LogP contribution is -2.14. The summed E-state index contributed by atoms with van der Waals surface area (Å²) in [7, 11) is 0. The third kappa shape index (κ3) is 4.78. The Morgan fingerprint density at radius 1 is 0.966 bits per heavy atom. The molecule has 0 bridgehead atoms. The van der Waals surface area contributed by atoms with Crippen LogP contribution in [0.4, 0.5) is 0 Å². The van der Waals surface area contributed by atoms with Gasteiger partial charge < -0.3 is 19.8 Å². The lowest BCUT2D eigenvalue weighted by Gasteiger charge is -2.05. The normalized spacial score (nSPS) is 11.2. The number of hydrogen-bond acceptors (Lipinski definition) is 6. The Labute approximate surface area is 167 Å². The number of amidine groups is 1. The molecule has 0 aliphatic heterocycles. The molecule has 2 N–H and O–H groups in total. The minimum Gasteiger partial charge on any atom is -0.439 e. The van der Waals surface area contributed by atoms with Crippen molar-refractivity contribution >= 4 is 5.84 Å². The Morgan fingerprint density at radius 2 is 1.72 bits per heavy atom. The molecule has 0 spiro atoms. The second-order valence-electron chi connectivity index (χ2n) is 6.09. The molecular formula is C22H18N4O3. The molecule has 0 atom stereocenters. The van der Waals surface area contributed by atoms with Crippen LogP contribution >= 0.6 is 0 Å². The molecule has 0 amide bonds. The van der Waals surface area contributed by atoms with Gasteiger partial charge in [-0.05, 0) is 18.2 Å². The zero-order valence-electron chi connectivity index (χ0n) is 15.4. The summed E-state index contributed by atoms with van der Waals surface area (Å²) in [5, 5.41) is 7.94. The van der Waals surface area contributed by atoms with Gasteiger partial charge in [0.2, 0.25) is 5.88 Å².